The van der Waals surface area contributed by atoms with E-state index >= 15 is 0 Å². The number of amides is 2. The van der Waals surface area contributed by atoms with E-state index in [4.69, 9.17) is 11.6 Å². The Balaban J connectivity index is 2.06. The van der Waals surface area contributed by atoms with Gasteiger partial charge in [-0.2, -0.15) is 0 Å². The molecule has 7 nitrogen and oxygen atoms in total. The molecule has 0 fully saturated rings. The number of anilines is 1. The lowest BCUT2D eigenvalue weighted by atomic mass is 10.1. The standard InChI is InChI=1S/C28H31ClFN3O4S/c1-19(2)31-28(35)21(4)32(17-22-9-5-6-10-24(22)29)27(34)18-33(26-12-8-7-11-25(26)30)38(36,37)23-15-13-20(3)14-16-23/h5-16,19,21H,17-18H2,1-4H3,(H,31,35). The minimum absolute atomic E-state index is 0.0547. The molecule has 1 unspecified atom stereocenters. The van der Waals surface area contributed by atoms with Gasteiger partial charge in [0, 0.05) is 17.6 Å². The van der Waals surface area contributed by atoms with Gasteiger partial charge in [-0.1, -0.05) is 59.6 Å². The number of para-hydroxylation sites is 1. The maximum absolute atomic E-state index is 14.9. The SMILES string of the molecule is Cc1ccc(S(=O)(=O)N(CC(=O)N(Cc2ccccc2Cl)C(C)C(=O)NC(C)C)c2ccccc2F)cc1. The van der Waals surface area contributed by atoms with Crippen LogP contribution in [0.3, 0.4) is 0 Å². The van der Waals surface area contributed by atoms with Gasteiger partial charge in [-0.15, -0.1) is 0 Å². The lowest BCUT2D eigenvalue weighted by Gasteiger charge is -2.32. The molecule has 1 atom stereocenters. The second-order valence-electron chi connectivity index (χ2n) is 9.23. The minimum Gasteiger partial charge on any atom is -0.352 e. The Morgan fingerprint density at radius 3 is 2.16 bits per heavy atom. The monoisotopic (exact) mass is 559 g/mol. The van der Waals surface area contributed by atoms with Gasteiger partial charge in [-0.25, -0.2) is 12.8 Å². The predicted molar refractivity (Wildman–Crippen MR) is 147 cm³/mol. The number of aryl methyl sites for hydroxylation is 1. The number of hydrogen-bond acceptors (Lipinski definition) is 4. The van der Waals surface area contributed by atoms with E-state index in [0.717, 1.165) is 15.9 Å². The molecule has 0 radical (unpaired) electrons. The topological polar surface area (TPSA) is 86.8 Å². The molecule has 10 heteroatoms. The van der Waals surface area contributed by atoms with Crippen LogP contribution in [-0.4, -0.2) is 43.8 Å². The third kappa shape index (κ3) is 6.90. The summed E-state index contributed by atoms with van der Waals surface area (Å²) in [6, 6.07) is 17.1. The highest BCUT2D eigenvalue weighted by Gasteiger charge is 2.33. The van der Waals surface area contributed by atoms with Gasteiger partial charge in [-0.05, 0) is 63.6 Å². The van der Waals surface area contributed by atoms with E-state index in [-0.39, 0.29) is 23.2 Å². The van der Waals surface area contributed by atoms with Crippen molar-refractivity contribution in [2.24, 2.45) is 0 Å². The smallest absolute Gasteiger partial charge is 0.264 e. The van der Waals surface area contributed by atoms with Crippen molar-refractivity contribution < 1.29 is 22.4 Å². The van der Waals surface area contributed by atoms with Gasteiger partial charge in [0.1, 0.15) is 18.4 Å². The highest BCUT2D eigenvalue weighted by molar-refractivity contribution is 7.92. The van der Waals surface area contributed by atoms with Crippen LogP contribution in [-0.2, 0) is 26.2 Å². The van der Waals surface area contributed by atoms with E-state index in [0.29, 0.717) is 10.6 Å². The van der Waals surface area contributed by atoms with Crippen LogP contribution in [0.4, 0.5) is 10.1 Å². The number of halogens is 2. The first kappa shape index (κ1) is 29.1. The second-order valence-corrected chi connectivity index (χ2v) is 11.5. The Morgan fingerprint density at radius 2 is 1.55 bits per heavy atom. The summed E-state index contributed by atoms with van der Waals surface area (Å²) in [4.78, 5) is 27.8. The molecule has 0 saturated heterocycles. The average molecular weight is 560 g/mol. The normalized spacial score (nSPS) is 12.2. The van der Waals surface area contributed by atoms with Gasteiger partial charge in [0.05, 0.1) is 10.6 Å². The zero-order chi connectivity index (χ0) is 28.0. The van der Waals surface area contributed by atoms with E-state index in [2.05, 4.69) is 5.32 Å². The van der Waals surface area contributed by atoms with Crippen LogP contribution in [0.25, 0.3) is 0 Å². The van der Waals surface area contributed by atoms with Crippen LogP contribution >= 0.6 is 11.6 Å². The van der Waals surface area contributed by atoms with E-state index in [1.165, 1.54) is 35.2 Å². The Kier molecular flexibility index (Phi) is 9.51. The van der Waals surface area contributed by atoms with Gasteiger partial charge in [0.2, 0.25) is 11.8 Å². The van der Waals surface area contributed by atoms with Gasteiger partial charge in [0.15, 0.2) is 0 Å². The van der Waals surface area contributed by atoms with Gasteiger partial charge < -0.3 is 10.2 Å². The minimum atomic E-state index is -4.35. The fourth-order valence-electron chi connectivity index (χ4n) is 3.80. The number of carbonyl (C=O) groups is 2. The number of hydrogen-bond donors (Lipinski definition) is 1. The molecule has 38 heavy (non-hydrogen) atoms. The number of benzene rings is 3. The van der Waals surface area contributed by atoms with E-state index in [1.54, 1.807) is 57.2 Å². The summed E-state index contributed by atoms with van der Waals surface area (Å²) in [6.45, 7) is 6.15. The van der Waals surface area contributed by atoms with Gasteiger partial charge in [-0.3, -0.25) is 13.9 Å². The van der Waals surface area contributed by atoms with Crippen molar-refractivity contribution in [3.05, 3.63) is 94.8 Å². The maximum Gasteiger partial charge on any atom is 0.264 e. The van der Waals surface area contributed by atoms with Crippen molar-refractivity contribution in [1.82, 2.24) is 10.2 Å². The Hall–Kier alpha value is -3.43. The lowest BCUT2D eigenvalue weighted by Crippen LogP contribution is -2.52. The summed E-state index contributed by atoms with van der Waals surface area (Å²) in [5, 5.41) is 3.16. The zero-order valence-electron chi connectivity index (χ0n) is 21.7. The number of rotatable bonds is 10. The molecule has 1 N–H and O–H groups in total. The molecule has 0 aliphatic heterocycles. The molecule has 202 valence electrons. The fraction of sp³-hybridized carbons (Fsp3) is 0.286. The predicted octanol–water partition coefficient (Wildman–Crippen LogP) is 4.92. The number of nitrogens with zero attached hydrogens (tertiary/aromatic N) is 2. The van der Waals surface area contributed by atoms with Crippen molar-refractivity contribution in [1.29, 1.82) is 0 Å². The van der Waals surface area contributed by atoms with Crippen molar-refractivity contribution >= 4 is 39.1 Å². The van der Waals surface area contributed by atoms with E-state index in [9.17, 15) is 22.4 Å². The summed E-state index contributed by atoms with van der Waals surface area (Å²) in [7, 11) is -4.35. The zero-order valence-corrected chi connectivity index (χ0v) is 23.3. The third-order valence-corrected chi connectivity index (χ3v) is 8.05. The third-order valence-electron chi connectivity index (χ3n) is 5.91. The largest absolute Gasteiger partial charge is 0.352 e. The summed E-state index contributed by atoms with van der Waals surface area (Å²) >= 11 is 6.33. The highest BCUT2D eigenvalue weighted by atomic mass is 35.5. The Labute approximate surface area is 228 Å². The molecule has 0 aliphatic carbocycles. The maximum atomic E-state index is 14.9. The van der Waals surface area contributed by atoms with E-state index < -0.39 is 40.2 Å². The summed E-state index contributed by atoms with van der Waals surface area (Å²) in [5.74, 6) is -1.92. The van der Waals surface area contributed by atoms with Crippen molar-refractivity contribution in [2.45, 2.75) is 51.2 Å². The summed E-state index contributed by atoms with van der Waals surface area (Å²) < 4.78 is 43.1. The summed E-state index contributed by atoms with van der Waals surface area (Å²) in [6.07, 6.45) is 0. The molecule has 0 heterocycles. The van der Waals surface area contributed by atoms with Crippen LogP contribution in [0.2, 0.25) is 5.02 Å². The second kappa shape index (κ2) is 12.4. The van der Waals surface area contributed by atoms with Crippen molar-refractivity contribution in [3.8, 4) is 0 Å². The first-order valence-corrected chi connectivity index (χ1v) is 13.9. The van der Waals surface area contributed by atoms with Gasteiger partial charge in [0.25, 0.3) is 10.0 Å². The fourth-order valence-corrected chi connectivity index (χ4v) is 5.42. The molecule has 3 rings (SSSR count). The van der Waals surface area contributed by atoms with Crippen molar-refractivity contribution in [2.75, 3.05) is 10.8 Å². The number of sulfonamides is 1. The first-order valence-electron chi connectivity index (χ1n) is 12.1. The molecule has 0 aromatic heterocycles. The van der Waals surface area contributed by atoms with E-state index in [1.807, 2.05) is 6.92 Å². The molecule has 3 aromatic carbocycles. The molecule has 0 bridgehead atoms. The average Bonchev–Trinajstić information content (AvgIpc) is 2.86. The summed E-state index contributed by atoms with van der Waals surface area (Å²) in [5.41, 5.74) is 1.14. The van der Waals surface area contributed by atoms with Crippen LogP contribution in [0.1, 0.15) is 31.9 Å². The lowest BCUT2D eigenvalue weighted by molar-refractivity contribution is -0.139. The number of nitrogens with one attached hydrogen (secondary N) is 1. The highest BCUT2D eigenvalue weighted by Crippen LogP contribution is 2.27. The molecule has 3 aromatic rings. The molecule has 0 aliphatic rings. The Bertz CT molecular complexity index is 1400. The number of carbonyl (C=O) groups excluding carboxylic acids is 2. The molecular formula is C28H31ClFN3O4S. The van der Waals surface area contributed by atoms with Crippen LogP contribution in [0.15, 0.2) is 77.7 Å². The Morgan fingerprint density at radius 1 is 0.947 bits per heavy atom. The van der Waals surface area contributed by atoms with Gasteiger partial charge >= 0.3 is 0 Å². The quantitative estimate of drug-likeness (QED) is 0.382. The van der Waals surface area contributed by atoms with Crippen LogP contribution < -0.4 is 9.62 Å². The molecule has 2 amide bonds. The first-order chi connectivity index (χ1) is 17.9. The van der Waals surface area contributed by atoms with Crippen LogP contribution in [0.5, 0.6) is 0 Å². The van der Waals surface area contributed by atoms with Crippen molar-refractivity contribution in [3.63, 3.8) is 0 Å². The molecule has 0 spiro atoms. The molecule has 0 saturated carbocycles. The van der Waals surface area contributed by atoms with Crippen LogP contribution in [0, 0.1) is 12.7 Å². The molecular weight excluding hydrogens is 529 g/mol.